The van der Waals surface area contributed by atoms with Crippen LogP contribution in [0.25, 0.3) is 0 Å². The number of rotatable bonds is 4. The van der Waals surface area contributed by atoms with Gasteiger partial charge in [-0.25, -0.2) is 0 Å². The minimum absolute atomic E-state index is 0.111. The van der Waals surface area contributed by atoms with Crippen molar-refractivity contribution in [3.63, 3.8) is 0 Å². The van der Waals surface area contributed by atoms with Crippen molar-refractivity contribution in [2.24, 2.45) is 5.73 Å². The molecular formula is C18H31N3. The van der Waals surface area contributed by atoms with Crippen molar-refractivity contribution in [2.45, 2.75) is 44.7 Å². The minimum atomic E-state index is 0.111. The number of hydrogen-bond acceptors (Lipinski definition) is 3. The molecule has 0 aromatic heterocycles. The molecule has 0 saturated carbocycles. The Morgan fingerprint density at radius 1 is 1.24 bits per heavy atom. The lowest BCUT2D eigenvalue weighted by molar-refractivity contribution is 0.260. The predicted octanol–water partition coefficient (Wildman–Crippen LogP) is 2.62. The quantitative estimate of drug-likeness (QED) is 0.925. The molecule has 2 N–H and O–H groups in total. The van der Waals surface area contributed by atoms with Gasteiger partial charge in [0.1, 0.15) is 0 Å². The highest BCUT2D eigenvalue weighted by atomic mass is 15.2. The number of benzene rings is 1. The smallest absolute Gasteiger partial charge is 0.0424 e. The summed E-state index contributed by atoms with van der Waals surface area (Å²) < 4.78 is 0. The first kappa shape index (κ1) is 16.5. The van der Waals surface area contributed by atoms with E-state index >= 15 is 0 Å². The third-order valence-electron chi connectivity index (χ3n) is 4.64. The van der Waals surface area contributed by atoms with Crippen LogP contribution < -0.4 is 5.73 Å². The van der Waals surface area contributed by atoms with Gasteiger partial charge in [0.15, 0.2) is 0 Å². The maximum absolute atomic E-state index is 6.40. The minimum Gasteiger partial charge on any atom is -0.323 e. The molecule has 1 aliphatic rings. The zero-order chi connectivity index (χ0) is 15.6. The first-order chi connectivity index (χ1) is 9.77. The van der Waals surface area contributed by atoms with Crippen LogP contribution in [0.3, 0.4) is 0 Å². The molecule has 1 aromatic rings. The molecule has 1 aromatic carbocycles. The van der Waals surface area contributed by atoms with E-state index in [1.165, 1.54) is 17.5 Å². The first-order valence-electron chi connectivity index (χ1n) is 8.02. The van der Waals surface area contributed by atoms with Crippen molar-refractivity contribution >= 4 is 0 Å². The van der Waals surface area contributed by atoms with Crippen LogP contribution in [-0.2, 0) is 5.41 Å². The second kappa shape index (κ2) is 6.47. The molecule has 0 radical (unpaired) electrons. The molecule has 1 heterocycles. The van der Waals surface area contributed by atoms with Gasteiger partial charge in [-0.3, -0.25) is 4.90 Å². The largest absolute Gasteiger partial charge is 0.323 e. The van der Waals surface area contributed by atoms with Gasteiger partial charge in [-0.2, -0.15) is 0 Å². The van der Waals surface area contributed by atoms with Crippen molar-refractivity contribution in [2.75, 3.05) is 33.7 Å². The molecule has 1 saturated heterocycles. The standard InChI is InChI=1S/C18H31N3/c1-18(2,3)15-8-6-14(7-9-15)17(19)13-21-11-10-16(12-21)20(4)5/h6-9,16-17H,10-13,19H2,1-5H3. The molecule has 2 rings (SSSR count). The van der Waals surface area contributed by atoms with Gasteiger partial charge in [0.05, 0.1) is 0 Å². The van der Waals surface area contributed by atoms with Crippen molar-refractivity contribution in [1.29, 1.82) is 0 Å². The van der Waals surface area contributed by atoms with Crippen LogP contribution in [0.1, 0.15) is 44.4 Å². The Hall–Kier alpha value is -0.900. The molecule has 2 unspecified atom stereocenters. The van der Waals surface area contributed by atoms with E-state index in [-0.39, 0.29) is 11.5 Å². The molecule has 3 nitrogen and oxygen atoms in total. The first-order valence-corrected chi connectivity index (χ1v) is 8.02. The summed E-state index contributed by atoms with van der Waals surface area (Å²) in [4.78, 5) is 4.82. The van der Waals surface area contributed by atoms with Crippen molar-refractivity contribution in [1.82, 2.24) is 9.80 Å². The molecular weight excluding hydrogens is 258 g/mol. The molecule has 0 amide bonds. The van der Waals surface area contributed by atoms with Gasteiger partial charge in [0.2, 0.25) is 0 Å². The summed E-state index contributed by atoms with van der Waals surface area (Å²) in [5.41, 5.74) is 9.22. The Bertz CT molecular complexity index is 445. The molecule has 3 heteroatoms. The summed E-state index contributed by atoms with van der Waals surface area (Å²) >= 11 is 0. The normalized spacial score (nSPS) is 22.0. The van der Waals surface area contributed by atoms with Gasteiger partial charge in [-0.05, 0) is 43.6 Å². The average Bonchev–Trinajstić information content (AvgIpc) is 2.86. The van der Waals surface area contributed by atoms with Gasteiger partial charge in [-0.15, -0.1) is 0 Å². The van der Waals surface area contributed by atoms with Crippen LogP contribution in [0, 0.1) is 0 Å². The van der Waals surface area contributed by atoms with Crippen LogP contribution in [0.2, 0.25) is 0 Å². The Morgan fingerprint density at radius 2 is 1.86 bits per heavy atom. The number of likely N-dealkylation sites (N-methyl/N-ethyl adjacent to an activating group) is 1. The Labute approximate surface area is 130 Å². The second-order valence-corrected chi connectivity index (χ2v) is 7.64. The van der Waals surface area contributed by atoms with Gasteiger partial charge >= 0.3 is 0 Å². The average molecular weight is 289 g/mol. The Morgan fingerprint density at radius 3 is 2.33 bits per heavy atom. The van der Waals surface area contributed by atoms with E-state index in [1.807, 2.05) is 0 Å². The van der Waals surface area contributed by atoms with Crippen molar-refractivity contribution in [3.05, 3.63) is 35.4 Å². The van der Waals surface area contributed by atoms with Gasteiger partial charge < -0.3 is 10.6 Å². The lowest BCUT2D eigenvalue weighted by Gasteiger charge is -2.24. The summed E-state index contributed by atoms with van der Waals surface area (Å²) in [5, 5.41) is 0. The molecule has 0 bridgehead atoms. The van der Waals surface area contributed by atoms with Gasteiger partial charge in [0, 0.05) is 25.2 Å². The summed E-state index contributed by atoms with van der Waals surface area (Å²) in [6.07, 6.45) is 1.25. The fraction of sp³-hybridized carbons (Fsp3) is 0.667. The zero-order valence-corrected chi connectivity index (χ0v) is 14.3. The molecule has 1 fully saturated rings. The topological polar surface area (TPSA) is 32.5 Å². The zero-order valence-electron chi connectivity index (χ0n) is 14.3. The monoisotopic (exact) mass is 289 g/mol. The van der Waals surface area contributed by atoms with Crippen LogP contribution >= 0.6 is 0 Å². The summed E-state index contributed by atoms with van der Waals surface area (Å²) in [6, 6.07) is 9.64. The van der Waals surface area contributed by atoms with Crippen LogP contribution in [0.15, 0.2) is 24.3 Å². The molecule has 21 heavy (non-hydrogen) atoms. The summed E-state index contributed by atoms with van der Waals surface area (Å²) in [7, 11) is 4.33. The lowest BCUT2D eigenvalue weighted by Crippen LogP contribution is -2.34. The Balaban J connectivity index is 1.93. The highest BCUT2D eigenvalue weighted by molar-refractivity contribution is 5.29. The number of nitrogens with zero attached hydrogens (tertiary/aromatic N) is 2. The highest BCUT2D eigenvalue weighted by Crippen LogP contribution is 2.24. The lowest BCUT2D eigenvalue weighted by atomic mass is 9.86. The van der Waals surface area contributed by atoms with Crippen LogP contribution in [-0.4, -0.2) is 49.6 Å². The maximum atomic E-state index is 6.40. The molecule has 0 aliphatic carbocycles. The van der Waals surface area contributed by atoms with E-state index in [9.17, 15) is 0 Å². The van der Waals surface area contributed by atoms with E-state index in [4.69, 9.17) is 5.73 Å². The van der Waals surface area contributed by atoms with E-state index in [0.717, 1.165) is 19.6 Å². The van der Waals surface area contributed by atoms with Crippen molar-refractivity contribution < 1.29 is 0 Å². The summed E-state index contributed by atoms with van der Waals surface area (Å²) in [6.45, 7) is 9.99. The van der Waals surface area contributed by atoms with E-state index in [0.29, 0.717) is 6.04 Å². The SMILES string of the molecule is CN(C)C1CCN(CC(N)c2ccc(C(C)(C)C)cc2)C1. The third kappa shape index (κ3) is 4.29. The molecule has 2 atom stereocenters. The third-order valence-corrected chi connectivity index (χ3v) is 4.64. The number of nitrogens with two attached hydrogens (primary N) is 1. The Kier molecular flexibility index (Phi) is 5.07. The fourth-order valence-corrected chi connectivity index (χ4v) is 3.01. The van der Waals surface area contributed by atoms with Crippen molar-refractivity contribution in [3.8, 4) is 0 Å². The second-order valence-electron chi connectivity index (χ2n) is 7.64. The molecule has 1 aliphatic heterocycles. The van der Waals surface area contributed by atoms with Crippen LogP contribution in [0.5, 0.6) is 0 Å². The van der Waals surface area contributed by atoms with E-state index in [2.05, 4.69) is 68.9 Å². The van der Waals surface area contributed by atoms with E-state index < -0.39 is 0 Å². The van der Waals surface area contributed by atoms with Crippen LogP contribution in [0.4, 0.5) is 0 Å². The summed E-state index contributed by atoms with van der Waals surface area (Å²) in [5.74, 6) is 0. The molecule has 118 valence electrons. The number of likely N-dealkylation sites (tertiary alicyclic amines) is 1. The number of hydrogen-bond donors (Lipinski definition) is 1. The predicted molar refractivity (Wildman–Crippen MR) is 90.6 cm³/mol. The van der Waals surface area contributed by atoms with Gasteiger partial charge in [-0.1, -0.05) is 45.0 Å². The highest BCUT2D eigenvalue weighted by Gasteiger charge is 2.25. The molecule has 0 spiro atoms. The fourth-order valence-electron chi connectivity index (χ4n) is 3.01. The van der Waals surface area contributed by atoms with E-state index in [1.54, 1.807) is 0 Å². The van der Waals surface area contributed by atoms with Gasteiger partial charge in [0.25, 0.3) is 0 Å². The maximum Gasteiger partial charge on any atom is 0.0424 e.